The fraction of sp³-hybridized carbons (Fsp3) is 0.500. The van der Waals surface area contributed by atoms with Crippen molar-refractivity contribution < 1.29 is 28.3 Å². The van der Waals surface area contributed by atoms with E-state index in [9.17, 15) is 14.5 Å². The predicted molar refractivity (Wildman–Crippen MR) is 78.9 cm³/mol. The first kappa shape index (κ1) is 17.7. The summed E-state index contributed by atoms with van der Waals surface area (Å²) in [4.78, 5) is 11.2. The second-order valence-electron chi connectivity index (χ2n) is 4.23. The summed E-state index contributed by atoms with van der Waals surface area (Å²) in [5.41, 5.74) is 0.743. The summed E-state index contributed by atoms with van der Waals surface area (Å²) in [5.74, 6) is -0.482. The van der Waals surface area contributed by atoms with Crippen LogP contribution in [-0.4, -0.2) is 31.4 Å². The Balaban J connectivity index is 3.05. The molecule has 0 bridgehead atoms. The van der Waals surface area contributed by atoms with Gasteiger partial charge < -0.3 is 18.9 Å². The molecule has 0 saturated carbocycles. The van der Waals surface area contributed by atoms with E-state index in [1.807, 2.05) is 0 Å². The van der Waals surface area contributed by atoms with Crippen LogP contribution in [0.15, 0.2) is 18.2 Å². The van der Waals surface area contributed by atoms with E-state index < -0.39 is 7.60 Å². The van der Waals surface area contributed by atoms with E-state index >= 15 is 0 Å². The summed E-state index contributed by atoms with van der Waals surface area (Å²) in [7, 11) is -2.23. The van der Waals surface area contributed by atoms with Crippen molar-refractivity contribution in [2.75, 3.05) is 20.3 Å². The van der Waals surface area contributed by atoms with Gasteiger partial charge in [-0.25, -0.2) is 0 Å². The molecule has 0 spiro atoms. The first-order valence-corrected chi connectivity index (χ1v) is 8.29. The zero-order valence-electron chi connectivity index (χ0n) is 12.5. The molecule has 0 aliphatic carbocycles. The largest absolute Gasteiger partial charge is 0.507 e. The number of carbonyl (C=O) groups is 1. The van der Waals surface area contributed by atoms with Gasteiger partial charge >= 0.3 is 13.6 Å². The summed E-state index contributed by atoms with van der Waals surface area (Å²) < 4.78 is 27.7. The minimum atomic E-state index is -3.56. The molecule has 1 aromatic rings. The van der Waals surface area contributed by atoms with Crippen molar-refractivity contribution >= 4 is 18.9 Å². The number of methoxy groups -OCH3 is 1. The topological polar surface area (TPSA) is 82.1 Å². The molecule has 0 saturated heterocycles. The van der Waals surface area contributed by atoms with Crippen LogP contribution < -0.4 is 5.30 Å². The van der Waals surface area contributed by atoms with E-state index in [0.29, 0.717) is 6.42 Å². The molecule has 0 radical (unpaired) electrons. The van der Waals surface area contributed by atoms with Gasteiger partial charge in [-0.1, -0.05) is 6.07 Å². The van der Waals surface area contributed by atoms with Crippen molar-refractivity contribution in [1.82, 2.24) is 0 Å². The van der Waals surface area contributed by atoms with Crippen LogP contribution in [-0.2, 0) is 29.6 Å². The van der Waals surface area contributed by atoms with E-state index in [1.54, 1.807) is 26.0 Å². The summed E-state index contributed by atoms with van der Waals surface area (Å²) in [6.07, 6.45) is 0.618. The highest BCUT2D eigenvalue weighted by Crippen LogP contribution is 2.49. The Bertz CT molecular complexity index is 518. The lowest BCUT2D eigenvalue weighted by atomic mass is 10.1. The number of hydrogen-bond acceptors (Lipinski definition) is 6. The van der Waals surface area contributed by atoms with Crippen LogP contribution >= 0.6 is 7.60 Å². The normalized spacial score (nSPS) is 11.4. The van der Waals surface area contributed by atoms with E-state index in [-0.39, 0.29) is 36.7 Å². The van der Waals surface area contributed by atoms with Crippen molar-refractivity contribution in [3.8, 4) is 5.75 Å². The Labute approximate surface area is 124 Å². The highest BCUT2D eigenvalue weighted by molar-refractivity contribution is 7.62. The number of ether oxygens (including phenoxy) is 1. The van der Waals surface area contributed by atoms with Gasteiger partial charge in [-0.05, 0) is 38.0 Å². The molecule has 1 N–H and O–H groups in total. The number of hydrogen-bond donors (Lipinski definition) is 1. The number of esters is 1. The summed E-state index contributed by atoms with van der Waals surface area (Å²) >= 11 is 0. The van der Waals surface area contributed by atoms with E-state index in [1.165, 1.54) is 13.2 Å². The Morgan fingerprint density at radius 3 is 2.38 bits per heavy atom. The summed E-state index contributed by atoms with van der Waals surface area (Å²) in [6, 6.07) is 4.63. The van der Waals surface area contributed by atoms with Crippen LogP contribution in [0, 0.1) is 0 Å². The maximum absolute atomic E-state index is 12.7. The average molecular weight is 316 g/mol. The molecule has 118 valence electrons. The fourth-order valence-corrected chi connectivity index (χ4v) is 3.52. The monoisotopic (exact) mass is 316 g/mol. The van der Waals surface area contributed by atoms with E-state index in [4.69, 9.17) is 9.05 Å². The van der Waals surface area contributed by atoms with Crippen LogP contribution in [0.4, 0.5) is 0 Å². The van der Waals surface area contributed by atoms with Gasteiger partial charge in [0.05, 0.1) is 20.3 Å². The molecular formula is C14H21O6P. The summed E-state index contributed by atoms with van der Waals surface area (Å²) in [5, 5.41) is 10.0. The van der Waals surface area contributed by atoms with Crippen molar-refractivity contribution in [3.63, 3.8) is 0 Å². The molecule has 0 unspecified atom stereocenters. The number of carbonyl (C=O) groups excluding carboxylic acids is 1. The van der Waals surface area contributed by atoms with Gasteiger partial charge in [-0.2, -0.15) is 0 Å². The lowest BCUT2D eigenvalue weighted by Crippen LogP contribution is -2.13. The van der Waals surface area contributed by atoms with Gasteiger partial charge in [0, 0.05) is 6.42 Å². The third-order valence-corrected chi connectivity index (χ3v) is 4.92. The molecule has 21 heavy (non-hydrogen) atoms. The summed E-state index contributed by atoms with van der Waals surface area (Å²) in [6.45, 7) is 3.79. The zero-order valence-corrected chi connectivity index (χ0v) is 13.4. The zero-order chi connectivity index (χ0) is 15.9. The number of rotatable bonds is 8. The predicted octanol–water partition coefficient (Wildman–Crippen LogP) is 2.39. The SMILES string of the molecule is CCOP(=O)(OCC)c1cc(CCC(=O)OC)ccc1O. The van der Waals surface area contributed by atoms with Crippen LogP contribution in [0.3, 0.4) is 0 Å². The van der Waals surface area contributed by atoms with E-state index in [2.05, 4.69) is 4.74 Å². The standard InChI is InChI=1S/C14H21O6P/c1-4-19-21(17,20-5-2)13-10-11(6-8-12(13)15)7-9-14(16)18-3/h6,8,10,15H,4-5,7,9H2,1-3H3. The molecule has 1 rings (SSSR count). The van der Waals surface area contributed by atoms with Crippen LogP contribution in [0.5, 0.6) is 5.75 Å². The quantitative estimate of drug-likeness (QED) is 0.586. The molecule has 0 aliphatic heterocycles. The third kappa shape index (κ3) is 4.84. The van der Waals surface area contributed by atoms with Gasteiger partial charge in [0.1, 0.15) is 11.1 Å². The first-order valence-electron chi connectivity index (χ1n) is 6.75. The van der Waals surface area contributed by atoms with Crippen LogP contribution in [0.2, 0.25) is 0 Å². The average Bonchev–Trinajstić information content (AvgIpc) is 2.46. The van der Waals surface area contributed by atoms with Gasteiger partial charge in [-0.15, -0.1) is 0 Å². The minimum Gasteiger partial charge on any atom is -0.507 e. The van der Waals surface area contributed by atoms with Gasteiger partial charge in [0.2, 0.25) is 0 Å². The van der Waals surface area contributed by atoms with Crippen LogP contribution in [0.1, 0.15) is 25.8 Å². The minimum absolute atomic E-state index is 0.119. The first-order chi connectivity index (χ1) is 9.96. The highest BCUT2D eigenvalue weighted by atomic mass is 31.2. The van der Waals surface area contributed by atoms with Crippen molar-refractivity contribution in [2.45, 2.75) is 26.7 Å². The van der Waals surface area contributed by atoms with E-state index in [0.717, 1.165) is 5.56 Å². The Kier molecular flexibility index (Phi) is 6.89. The number of aromatic hydroxyl groups is 1. The lowest BCUT2D eigenvalue weighted by Gasteiger charge is -2.18. The number of aryl methyl sites for hydroxylation is 1. The lowest BCUT2D eigenvalue weighted by molar-refractivity contribution is -0.140. The second-order valence-corrected chi connectivity index (χ2v) is 6.23. The maximum Gasteiger partial charge on any atom is 0.365 e. The molecule has 0 aliphatic rings. The Morgan fingerprint density at radius 2 is 1.86 bits per heavy atom. The van der Waals surface area contributed by atoms with Gasteiger partial charge in [0.25, 0.3) is 0 Å². The highest BCUT2D eigenvalue weighted by Gasteiger charge is 2.30. The molecule has 0 fully saturated rings. The molecule has 0 aromatic heterocycles. The molecule has 7 heteroatoms. The third-order valence-electron chi connectivity index (χ3n) is 2.78. The fourth-order valence-electron chi connectivity index (χ4n) is 1.81. The molecule has 0 amide bonds. The van der Waals surface area contributed by atoms with Gasteiger partial charge in [-0.3, -0.25) is 9.36 Å². The number of phenolic OH excluding ortho intramolecular Hbond substituents is 1. The number of benzene rings is 1. The Hall–Kier alpha value is -1.36. The molecular weight excluding hydrogens is 295 g/mol. The molecule has 0 heterocycles. The molecule has 0 atom stereocenters. The van der Waals surface area contributed by atoms with Crippen molar-refractivity contribution in [1.29, 1.82) is 0 Å². The van der Waals surface area contributed by atoms with Crippen molar-refractivity contribution in [3.05, 3.63) is 23.8 Å². The Morgan fingerprint density at radius 1 is 1.24 bits per heavy atom. The molecule has 6 nitrogen and oxygen atoms in total. The smallest absolute Gasteiger partial charge is 0.365 e. The number of phenols is 1. The maximum atomic E-state index is 12.7. The second kappa shape index (κ2) is 8.17. The van der Waals surface area contributed by atoms with Crippen LogP contribution in [0.25, 0.3) is 0 Å². The molecule has 1 aromatic carbocycles. The van der Waals surface area contributed by atoms with Gasteiger partial charge in [0.15, 0.2) is 0 Å². The van der Waals surface area contributed by atoms with Crippen molar-refractivity contribution in [2.24, 2.45) is 0 Å².